The highest BCUT2D eigenvalue weighted by atomic mass is 35.5. The van der Waals surface area contributed by atoms with E-state index in [1.807, 2.05) is 6.92 Å². The van der Waals surface area contributed by atoms with Gasteiger partial charge in [-0.3, -0.25) is 4.57 Å². The van der Waals surface area contributed by atoms with Gasteiger partial charge in [0.2, 0.25) is 0 Å². The van der Waals surface area contributed by atoms with E-state index in [0.717, 1.165) is 64.3 Å². The highest BCUT2D eigenvalue weighted by molar-refractivity contribution is 6.32. The Bertz CT molecular complexity index is 939. The zero-order valence-electron chi connectivity index (χ0n) is 17.0. The number of likely N-dealkylation sites (tertiary alicyclic amines) is 1. The first-order valence-electron chi connectivity index (χ1n) is 10.6. The maximum atomic E-state index is 13.1. The summed E-state index contributed by atoms with van der Waals surface area (Å²) in [6, 6.07) is 2.70. The van der Waals surface area contributed by atoms with Crippen LogP contribution in [0, 0.1) is 0 Å². The van der Waals surface area contributed by atoms with Gasteiger partial charge in [0.15, 0.2) is 0 Å². The monoisotopic (exact) mass is 445 g/mol. The van der Waals surface area contributed by atoms with E-state index in [-0.39, 0.29) is 22.3 Å². The number of rotatable bonds is 4. The molecule has 1 N–H and O–H groups in total. The number of alkyl halides is 3. The third-order valence-electron chi connectivity index (χ3n) is 6.54. The quantitative estimate of drug-likeness (QED) is 0.721. The normalized spacial score (nSPS) is 24.6. The second-order valence-corrected chi connectivity index (χ2v) is 8.71. The van der Waals surface area contributed by atoms with Crippen LogP contribution in [0.15, 0.2) is 16.9 Å². The van der Waals surface area contributed by atoms with Crippen molar-refractivity contribution in [3.63, 3.8) is 0 Å². The number of nitrogens with zero attached hydrogens (tertiary/aromatic N) is 2. The fourth-order valence-electron chi connectivity index (χ4n) is 5.05. The van der Waals surface area contributed by atoms with E-state index in [9.17, 15) is 18.0 Å². The molecule has 0 unspecified atom stereocenters. The molecule has 1 aromatic carbocycles. The van der Waals surface area contributed by atoms with Crippen LogP contribution in [-0.2, 0) is 10.9 Å². The van der Waals surface area contributed by atoms with E-state index >= 15 is 0 Å². The maximum absolute atomic E-state index is 13.1. The SMILES string of the molecule is CCO[C@H]1CC[C@H](N2CCC(n3c(=O)[nH]c4cc(C(F)(F)F)c(Cl)cc43)CC2)CC1. The predicted octanol–water partition coefficient (Wildman–Crippen LogP) is 4.99. The smallest absolute Gasteiger partial charge is 0.379 e. The van der Waals surface area contributed by atoms with E-state index in [0.29, 0.717) is 17.7 Å². The standard InChI is InChI=1S/C21H27ClF3N3O2/c1-2-30-15-5-3-13(4-6-15)27-9-7-14(8-10-27)28-19-12-17(22)16(21(23,24)25)11-18(19)26-20(28)29/h11-15H,2-10H2,1H3,(H,26,29)/t13-,15-. The van der Waals surface area contributed by atoms with Crippen molar-refractivity contribution in [2.75, 3.05) is 19.7 Å². The molecule has 1 saturated heterocycles. The summed E-state index contributed by atoms with van der Waals surface area (Å²) in [7, 11) is 0. The molecule has 2 aliphatic rings. The molecule has 0 atom stereocenters. The van der Waals surface area contributed by atoms with Crippen molar-refractivity contribution in [2.24, 2.45) is 0 Å². The van der Waals surface area contributed by atoms with Crippen LogP contribution in [0.4, 0.5) is 13.2 Å². The molecule has 4 rings (SSSR count). The van der Waals surface area contributed by atoms with E-state index in [1.54, 1.807) is 4.57 Å². The fraction of sp³-hybridized carbons (Fsp3) is 0.667. The summed E-state index contributed by atoms with van der Waals surface area (Å²) in [6.45, 7) is 4.54. The number of H-pyrrole nitrogens is 1. The lowest BCUT2D eigenvalue weighted by atomic mass is 9.90. The number of ether oxygens (including phenoxy) is 1. The summed E-state index contributed by atoms with van der Waals surface area (Å²) < 4.78 is 46.7. The highest BCUT2D eigenvalue weighted by Gasteiger charge is 2.35. The number of aromatic nitrogens is 2. The second-order valence-electron chi connectivity index (χ2n) is 8.30. The molecule has 2 heterocycles. The lowest BCUT2D eigenvalue weighted by Crippen LogP contribution is -2.45. The Balaban J connectivity index is 1.47. The van der Waals surface area contributed by atoms with Gasteiger partial charge >= 0.3 is 11.9 Å². The fourth-order valence-corrected chi connectivity index (χ4v) is 5.31. The van der Waals surface area contributed by atoms with Crippen LogP contribution >= 0.6 is 11.6 Å². The number of imidazole rings is 1. The molecule has 0 spiro atoms. The largest absolute Gasteiger partial charge is 0.417 e. The summed E-state index contributed by atoms with van der Waals surface area (Å²) in [5.41, 5.74) is -0.694. The van der Waals surface area contributed by atoms with Gasteiger partial charge < -0.3 is 14.6 Å². The van der Waals surface area contributed by atoms with Crippen molar-refractivity contribution < 1.29 is 17.9 Å². The molecule has 0 bridgehead atoms. The summed E-state index contributed by atoms with van der Waals surface area (Å²) in [5.74, 6) is 0. The number of nitrogens with one attached hydrogen (secondary N) is 1. The Morgan fingerprint density at radius 2 is 1.77 bits per heavy atom. The van der Waals surface area contributed by atoms with Gasteiger partial charge in [-0.25, -0.2) is 4.79 Å². The summed E-state index contributed by atoms with van der Waals surface area (Å²) >= 11 is 5.90. The van der Waals surface area contributed by atoms with Crippen molar-refractivity contribution in [1.29, 1.82) is 0 Å². The molecule has 0 amide bonds. The first kappa shape index (κ1) is 21.7. The lowest BCUT2D eigenvalue weighted by molar-refractivity contribution is -0.137. The van der Waals surface area contributed by atoms with Gasteiger partial charge in [0.1, 0.15) is 0 Å². The molecule has 166 valence electrons. The van der Waals surface area contributed by atoms with Crippen molar-refractivity contribution in [2.45, 2.75) is 69.8 Å². The first-order chi connectivity index (χ1) is 14.3. The predicted molar refractivity (Wildman–Crippen MR) is 110 cm³/mol. The van der Waals surface area contributed by atoms with Crippen molar-refractivity contribution in [3.8, 4) is 0 Å². The Labute approximate surface area is 178 Å². The molecular formula is C21H27ClF3N3O2. The number of aromatic amines is 1. The average molecular weight is 446 g/mol. The first-order valence-corrected chi connectivity index (χ1v) is 11.0. The van der Waals surface area contributed by atoms with Gasteiger partial charge in [-0.05, 0) is 57.6 Å². The van der Waals surface area contributed by atoms with Gasteiger partial charge in [-0.1, -0.05) is 11.6 Å². The number of fused-ring (bicyclic) bond motifs is 1. The third kappa shape index (κ3) is 4.27. The zero-order valence-corrected chi connectivity index (χ0v) is 17.7. The zero-order chi connectivity index (χ0) is 21.5. The number of piperidine rings is 1. The van der Waals surface area contributed by atoms with Gasteiger partial charge in [-0.15, -0.1) is 0 Å². The molecule has 2 fully saturated rings. The number of halogens is 4. The Hall–Kier alpha value is -1.51. The molecular weight excluding hydrogens is 419 g/mol. The highest BCUT2D eigenvalue weighted by Crippen LogP contribution is 2.37. The van der Waals surface area contributed by atoms with Crippen molar-refractivity contribution in [3.05, 3.63) is 33.2 Å². The molecule has 5 nitrogen and oxygen atoms in total. The van der Waals surface area contributed by atoms with Crippen molar-refractivity contribution >= 4 is 22.6 Å². The summed E-state index contributed by atoms with van der Waals surface area (Å²) in [5, 5.41) is -0.383. The Morgan fingerprint density at radius 3 is 2.37 bits per heavy atom. The van der Waals surface area contributed by atoms with Crippen LogP contribution in [0.5, 0.6) is 0 Å². The van der Waals surface area contributed by atoms with Crippen molar-refractivity contribution in [1.82, 2.24) is 14.5 Å². The molecule has 2 aromatic rings. The Kier molecular flexibility index (Phi) is 6.19. The summed E-state index contributed by atoms with van der Waals surface area (Å²) in [4.78, 5) is 17.6. The maximum Gasteiger partial charge on any atom is 0.417 e. The minimum atomic E-state index is -4.56. The van der Waals surface area contributed by atoms with Crippen LogP contribution in [0.25, 0.3) is 11.0 Å². The number of hydrogen-bond acceptors (Lipinski definition) is 3. The molecule has 9 heteroatoms. The van der Waals surface area contributed by atoms with Crippen LogP contribution in [0.1, 0.15) is 57.1 Å². The second kappa shape index (κ2) is 8.55. The van der Waals surface area contributed by atoms with Crippen LogP contribution < -0.4 is 5.69 Å². The summed E-state index contributed by atoms with van der Waals surface area (Å²) in [6.07, 6.45) is 1.81. The lowest BCUT2D eigenvalue weighted by Gasteiger charge is -2.41. The molecule has 1 saturated carbocycles. The molecule has 1 aromatic heterocycles. The van der Waals surface area contributed by atoms with Gasteiger partial charge in [0.25, 0.3) is 0 Å². The Morgan fingerprint density at radius 1 is 1.10 bits per heavy atom. The number of benzene rings is 1. The van der Waals surface area contributed by atoms with E-state index in [4.69, 9.17) is 16.3 Å². The van der Waals surface area contributed by atoms with E-state index in [1.165, 1.54) is 6.07 Å². The minimum absolute atomic E-state index is 0.0462. The van der Waals surface area contributed by atoms with E-state index < -0.39 is 11.7 Å². The van der Waals surface area contributed by atoms with Gasteiger partial charge in [0.05, 0.1) is 27.7 Å². The van der Waals surface area contributed by atoms with Crippen LogP contribution in [0.2, 0.25) is 5.02 Å². The molecule has 1 aliphatic carbocycles. The molecule has 1 aliphatic heterocycles. The van der Waals surface area contributed by atoms with Gasteiger partial charge in [-0.2, -0.15) is 13.2 Å². The van der Waals surface area contributed by atoms with Crippen LogP contribution in [-0.4, -0.2) is 46.3 Å². The third-order valence-corrected chi connectivity index (χ3v) is 6.85. The molecule has 30 heavy (non-hydrogen) atoms. The molecule has 0 radical (unpaired) electrons. The number of hydrogen-bond donors (Lipinski definition) is 1. The topological polar surface area (TPSA) is 50.3 Å². The van der Waals surface area contributed by atoms with Gasteiger partial charge in [0, 0.05) is 31.8 Å². The minimum Gasteiger partial charge on any atom is -0.379 e. The van der Waals surface area contributed by atoms with Crippen LogP contribution in [0.3, 0.4) is 0 Å². The average Bonchev–Trinajstić information content (AvgIpc) is 3.02. The van der Waals surface area contributed by atoms with E-state index in [2.05, 4.69) is 9.88 Å².